The van der Waals surface area contributed by atoms with Crippen molar-refractivity contribution in [3.63, 3.8) is 0 Å². The van der Waals surface area contributed by atoms with Crippen molar-refractivity contribution >= 4 is 0 Å². The van der Waals surface area contributed by atoms with Gasteiger partial charge in [0.2, 0.25) is 0 Å². The SMILES string of the molecule is Cc1ccc(C(O)c2ccc(C)nc2C)cc1. The van der Waals surface area contributed by atoms with Crippen molar-refractivity contribution in [1.82, 2.24) is 4.98 Å². The molecule has 0 saturated heterocycles. The molecule has 2 nitrogen and oxygen atoms in total. The lowest BCUT2D eigenvalue weighted by molar-refractivity contribution is 0.219. The van der Waals surface area contributed by atoms with Crippen LogP contribution in [0.2, 0.25) is 0 Å². The molecule has 0 bridgehead atoms. The first-order chi connectivity index (χ1) is 8.08. The second-order valence-corrected chi connectivity index (χ2v) is 4.44. The van der Waals surface area contributed by atoms with E-state index in [1.54, 1.807) is 0 Å². The summed E-state index contributed by atoms with van der Waals surface area (Å²) < 4.78 is 0. The van der Waals surface area contributed by atoms with Crippen LogP contribution in [0, 0.1) is 20.8 Å². The first-order valence-electron chi connectivity index (χ1n) is 5.76. The molecule has 0 fully saturated rings. The second-order valence-electron chi connectivity index (χ2n) is 4.44. The van der Waals surface area contributed by atoms with E-state index in [2.05, 4.69) is 4.98 Å². The molecule has 0 saturated carbocycles. The van der Waals surface area contributed by atoms with Gasteiger partial charge in [0.15, 0.2) is 0 Å². The van der Waals surface area contributed by atoms with Crippen LogP contribution in [0.25, 0.3) is 0 Å². The predicted molar refractivity (Wildman–Crippen MR) is 69.0 cm³/mol. The van der Waals surface area contributed by atoms with Crippen LogP contribution < -0.4 is 0 Å². The number of aromatic nitrogens is 1. The topological polar surface area (TPSA) is 33.1 Å². The highest BCUT2D eigenvalue weighted by atomic mass is 16.3. The predicted octanol–water partition coefficient (Wildman–Crippen LogP) is 3.09. The van der Waals surface area contributed by atoms with E-state index in [9.17, 15) is 5.11 Å². The molecule has 0 spiro atoms. The molecule has 2 heteroatoms. The Morgan fingerprint density at radius 2 is 1.59 bits per heavy atom. The van der Waals surface area contributed by atoms with Gasteiger partial charge in [-0.2, -0.15) is 0 Å². The molecule has 1 aromatic carbocycles. The van der Waals surface area contributed by atoms with Crippen molar-refractivity contribution in [2.45, 2.75) is 26.9 Å². The van der Waals surface area contributed by atoms with Crippen LogP contribution in [0.1, 0.15) is 34.2 Å². The fourth-order valence-corrected chi connectivity index (χ4v) is 1.91. The zero-order valence-corrected chi connectivity index (χ0v) is 10.4. The Kier molecular flexibility index (Phi) is 3.25. The van der Waals surface area contributed by atoms with Crippen molar-refractivity contribution in [2.75, 3.05) is 0 Å². The minimum absolute atomic E-state index is 0.594. The number of aryl methyl sites for hydroxylation is 3. The van der Waals surface area contributed by atoms with Gasteiger partial charge in [0.25, 0.3) is 0 Å². The summed E-state index contributed by atoms with van der Waals surface area (Å²) in [6, 6.07) is 11.8. The number of aliphatic hydroxyl groups is 1. The van der Waals surface area contributed by atoms with E-state index in [1.165, 1.54) is 5.56 Å². The summed E-state index contributed by atoms with van der Waals surface area (Å²) >= 11 is 0. The third kappa shape index (κ3) is 2.53. The summed E-state index contributed by atoms with van der Waals surface area (Å²) in [5, 5.41) is 10.3. The molecule has 17 heavy (non-hydrogen) atoms. The smallest absolute Gasteiger partial charge is 0.106 e. The summed E-state index contributed by atoms with van der Waals surface area (Å²) in [6.45, 7) is 5.92. The number of benzene rings is 1. The zero-order valence-electron chi connectivity index (χ0n) is 10.4. The second kappa shape index (κ2) is 4.68. The van der Waals surface area contributed by atoms with Crippen LogP contribution in [-0.2, 0) is 0 Å². The zero-order chi connectivity index (χ0) is 12.4. The summed E-state index contributed by atoms with van der Waals surface area (Å²) in [4.78, 5) is 4.38. The van der Waals surface area contributed by atoms with E-state index in [1.807, 2.05) is 57.2 Å². The fraction of sp³-hybridized carbons (Fsp3) is 0.267. The van der Waals surface area contributed by atoms with Crippen LogP contribution in [0.15, 0.2) is 36.4 Å². The standard InChI is InChI=1S/C15H17NO/c1-10-4-7-13(8-5-10)15(17)14-9-6-11(2)16-12(14)3/h4-9,15,17H,1-3H3. The normalized spacial score (nSPS) is 12.5. The molecule has 0 radical (unpaired) electrons. The maximum atomic E-state index is 10.3. The Balaban J connectivity index is 2.36. The van der Waals surface area contributed by atoms with Gasteiger partial charge in [-0.15, -0.1) is 0 Å². The highest BCUT2D eigenvalue weighted by molar-refractivity contribution is 5.34. The van der Waals surface area contributed by atoms with Crippen LogP contribution in [-0.4, -0.2) is 10.1 Å². The maximum Gasteiger partial charge on any atom is 0.106 e. The van der Waals surface area contributed by atoms with E-state index in [0.29, 0.717) is 0 Å². The quantitative estimate of drug-likeness (QED) is 0.855. The van der Waals surface area contributed by atoms with Crippen LogP contribution in [0.5, 0.6) is 0 Å². The van der Waals surface area contributed by atoms with E-state index < -0.39 is 6.10 Å². The molecule has 2 aromatic rings. The van der Waals surface area contributed by atoms with E-state index in [-0.39, 0.29) is 0 Å². The summed E-state index contributed by atoms with van der Waals surface area (Å²) in [5.41, 5.74) is 4.84. The largest absolute Gasteiger partial charge is 0.384 e. The summed E-state index contributed by atoms with van der Waals surface area (Å²) in [7, 11) is 0. The lowest BCUT2D eigenvalue weighted by Gasteiger charge is -2.14. The van der Waals surface area contributed by atoms with Gasteiger partial charge in [-0.3, -0.25) is 4.98 Å². The molecular weight excluding hydrogens is 210 g/mol. The van der Waals surface area contributed by atoms with Gasteiger partial charge in [-0.1, -0.05) is 35.9 Å². The molecule has 1 heterocycles. The number of pyridine rings is 1. The van der Waals surface area contributed by atoms with Gasteiger partial charge in [0, 0.05) is 17.0 Å². The highest BCUT2D eigenvalue weighted by Gasteiger charge is 2.13. The van der Waals surface area contributed by atoms with Gasteiger partial charge in [-0.05, 0) is 32.4 Å². The monoisotopic (exact) mass is 227 g/mol. The molecule has 2 rings (SSSR count). The average molecular weight is 227 g/mol. The van der Waals surface area contributed by atoms with Crippen molar-refractivity contribution in [3.05, 3.63) is 64.5 Å². The molecule has 0 amide bonds. The minimum atomic E-state index is -0.594. The highest BCUT2D eigenvalue weighted by Crippen LogP contribution is 2.24. The van der Waals surface area contributed by atoms with Crippen molar-refractivity contribution in [1.29, 1.82) is 0 Å². The molecule has 88 valence electrons. The lowest BCUT2D eigenvalue weighted by atomic mass is 9.99. The Bertz CT molecular complexity index is 517. The van der Waals surface area contributed by atoms with E-state index in [4.69, 9.17) is 0 Å². The van der Waals surface area contributed by atoms with Gasteiger partial charge in [-0.25, -0.2) is 0 Å². The first-order valence-corrected chi connectivity index (χ1v) is 5.76. The van der Waals surface area contributed by atoms with Crippen LogP contribution >= 0.6 is 0 Å². The number of nitrogens with zero attached hydrogens (tertiary/aromatic N) is 1. The molecular formula is C15H17NO. The average Bonchev–Trinajstić information content (AvgIpc) is 2.29. The summed E-state index contributed by atoms with van der Waals surface area (Å²) in [6.07, 6.45) is -0.594. The first kappa shape index (κ1) is 11.8. The molecule has 1 unspecified atom stereocenters. The maximum absolute atomic E-state index is 10.3. The third-order valence-electron chi connectivity index (χ3n) is 2.95. The number of hydrogen-bond acceptors (Lipinski definition) is 2. The van der Waals surface area contributed by atoms with Crippen molar-refractivity contribution < 1.29 is 5.11 Å². The molecule has 0 aliphatic carbocycles. The summed E-state index contributed by atoms with van der Waals surface area (Å²) in [5.74, 6) is 0. The Hall–Kier alpha value is -1.67. The van der Waals surface area contributed by atoms with Crippen molar-refractivity contribution in [2.24, 2.45) is 0 Å². The molecule has 0 aliphatic heterocycles. The lowest BCUT2D eigenvalue weighted by Crippen LogP contribution is -2.04. The van der Waals surface area contributed by atoms with E-state index >= 15 is 0 Å². The molecule has 1 aromatic heterocycles. The van der Waals surface area contributed by atoms with Crippen molar-refractivity contribution in [3.8, 4) is 0 Å². The minimum Gasteiger partial charge on any atom is -0.384 e. The molecule has 1 atom stereocenters. The van der Waals surface area contributed by atoms with Gasteiger partial charge < -0.3 is 5.11 Å². The van der Waals surface area contributed by atoms with Crippen LogP contribution in [0.4, 0.5) is 0 Å². The van der Waals surface area contributed by atoms with Gasteiger partial charge in [0.05, 0.1) is 0 Å². The third-order valence-corrected chi connectivity index (χ3v) is 2.95. The molecule has 1 N–H and O–H groups in total. The van der Waals surface area contributed by atoms with Gasteiger partial charge >= 0.3 is 0 Å². The van der Waals surface area contributed by atoms with Crippen LogP contribution in [0.3, 0.4) is 0 Å². The fourth-order valence-electron chi connectivity index (χ4n) is 1.91. The Morgan fingerprint density at radius 3 is 2.18 bits per heavy atom. The Labute approximate surface area is 102 Å². The molecule has 0 aliphatic rings. The van der Waals surface area contributed by atoms with Gasteiger partial charge in [0.1, 0.15) is 6.10 Å². The Morgan fingerprint density at radius 1 is 0.941 bits per heavy atom. The number of rotatable bonds is 2. The van der Waals surface area contributed by atoms with E-state index in [0.717, 1.165) is 22.5 Å². The number of hydrogen-bond donors (Lipinski definition) is 1. The number of aliphatic hydroxyl groups excluding tert-OH is 1.